The van der Waals surface area contributed by atoms with Gasteiger partial charge in [-0.3, -0.25) is 9.48 Å². The van der Waals surface area contributed by atoms with Crippen LogP contribution in [-0.4, -0.2) is 15.6 Å². The summed E-state index contributed by atoms with van der Waals surface area (Å²) in [5, 5.41) is 13.5. The van der Waals surface area contributed by atoms with E-state index in [9.17, 15) is 4.79 Å². The van der Waals surface area contributed by atoms with Gasteiger partial charge < -0.3 is 0 Å². The summed E-state index contributed by atoms with van der Waals surface area (Å²) in [6, 6.07) is 19.9. The van der Waals surface area contributed by atoms with Crippen molar-refractivity contribution in [2.75, 3.05) is 0 Å². The highest BCUT2D eigenvalue weighted by Gasteiger charge is 2.22. The quantitative estimate of drug-likeness (QED) is 0.640. The Kier molecular flexibility index (Phi) is 4.67. The summed E-state index contributed by atoms with van der Waals surface area (Å²) in [4.78, 5) is 12.9. The molecule has 4 nitrogen and oxygen atoms in total. The molecule has 27 heavy (non-hydrogen) atoms. The molecule has 0 saturated heterocycles. The molecule has 1 aliphatic rings. The van der Waals surface area contributed by atoms with E-state index in [1.54, 1.807) is 4.68 Å². The van der Waals surface area contributed by atoms with Crippen LogP contribution in [0.4, 0.5) is 0 Å². The number of rotatable bonds is 4. The molecule has 4 heteroatoms. The number of nitrogens with zero attached hydrogens (tertiary/aromatic N) is 3. The number of benzene rings is 2. The van der Waals surface area contributed by atoms with Gasteiger partial charge in [-0.25, -0.2) is 0 Å². The zero-order chi connectivity index (χ0) is 18.6. The Morgan fingerprint density at radius 2 is 1.85 bits per heavy atom. The Morgan fingerprint density at radius 3 is 2.67 bits per heavy atom. The van der Waals surface area contributed by atoms with Crippen molar-refractivity contribution in [3.8, 4) is 17.3 Å². The lowest BCUT2D eigenvalue weighted by atomic mass is 9.86. The fourth-order valence-electron chi connectivity index (χ4n) is 3.48. The van der Waals surface area contributed by atoms with Gasteiger partial charge in [-0.2, -0.15) is 10.4 Å². The number of carbonyl (C=O) groups is 1. The molecule has 0 unspecified atom stereocenters. The third-order valence-electron chi connectivity index (χ3n) is 4.84. The van der Waals surface area contributed by atoms with E-state index in [1.807, 2.05) is 66.9 Å². The first-order chi connectivity index (χ1) is 13.3. The molecule has 0 aliphatic heterocycles. The van der Waals surface area contributed by atoms with Gasteiger partial charge in [-0.1, -0.05) is 54.6 Å². The Bertz CT molecular complexity index is 1050. The summed E-state index contributed by atoms with van der Waals surface area (Å²) in [5.41, 5.74) is 5.49. The highest BCUT2D eigenvalue weighted by atomic mass is 16.1. The summed E-state index contributed by atoms with van der Waals surface area (Å²) in [6.07, 6.45) is 5.90. The predicted molar refractivity (Wildman–Crippen MR) is 105 cm³/mol. The monoisotopic (exact) mass is 353 g/mol. The molecule has 0 N–H and O–H groups in total. The molecule has 1 heterocycles. The Hall–Kier alpha value is -3.45. The van der Waals surface area contributed by atoms with E-state index in [-0.39, 0.29) is 5.78 Å². The van der Waals surface area contributed by atoms with E-state index in [4.69, 9.17) is 5.26 Å². The molecule has 0 fully saturated rings. The summed E-state index contributed by atoms with van der Waals surface area (Å²) in [5.74, 6) is 0.0978. The van der Waals surface area contributed by atoms with Crippen molar-refractivity contribution in [1.29, 1.82) is 5.26 Å². The molecule has 0 amide bonds. The van der Waals surface area contributed by atoms with E-state index in [0.717, 1.165) is 46.4 Å². The van der Waals surface area contributed by atoms with Crippen molar-refractivity contribution in [3.05, 3.63) is 83.1 Å². The van der Waals surface area contributed by atoms with Gasteiger partial charge >= 0.3 is 0 Å². The minimum atomic E-state index is 0.0978. The van der Waals surface area contributed by atoms with Gasteiger partial charge in [-0.15, -0.1) is 0 Å². The topological polar surface area (TPSA) is 58.7 Å². The molecule has 4 rings (SSSR count). The molecule has 3 aromatic rings. The van der Waals surface area contributed by atoms with Crippen LogP contribution >= 0.6 is 0 Å². The van der Waals surface area contributed by atoms with Gasteiger partial charge in [-0.05, 0) is 24.5 Å². The van der Waals surface area contributed by atoms with Crippen molar-refractivity contribution in [2.45, 2.75) is 25.8 Å². The number of carbonyl (C=O) groups excluding carboxylic acids is 1. The van der Waals surface area contributed by atoms with E-state index in [2.05, 4.69) is 11.2 Å². The van der Waals surface area contributed by atoms with Gasteiger partial charge in [0, 0.05) is 28.5 Å². The Balaban J connectivity index is 1.75. The second-order valence-electron chi connectivity index (χ2n) is 6.63. The lowest BCUT2D eigenvalue weighted by Crippen LogP contribution is -2.13. The van der Waals surface area contributed by atoms with Gasteiger partial charge in [0.25, 0.3) is 0 Å². The van der Waals surface area contributed by atoms with Crippen LogP contribution in [0, 0.1) is 11.3 Å². The maximum atomic E-state index is 12.9. The standard InChI is InChI=1S/C23H19N3O/c24-13-6-14-26-16-20(22(25-26)18-8-2-1-3-9-18)15-19-12-11-17-7-4-5-10-21(17)23(19)27/h1-5,7-10,15-16H,6,11-12,14H2/b19-15+. The van der Waals surface area contributed by atoms with Crippen LogP contribution in [-0.2, 0) is 13.0 Å². The van der Waals surface area contributed by atoms with Crippen LogP contribution in [0.2, 0.25) is 0 Å². The largest absolute Gasteiger partial charge is 0.289 e. The van der Waals surface area contributed by atoms with E-state index >= 15 is 0 Å². The number of ketones is 1. The number of fused-ring (bicyclic) bond motifs is 1. The van der Waals surface area contributed by atoms with Crippen molar-refractivity contribution < 1.29 is 4.79 Å². The average Bonchev–Trinajstić information content (AvgIpc) is 3.12. The maximum absolute atomic E-state index is 12.9. The second kappa shape index (κ2) is 7.43. The van der Waals surface area contributed by atoms with Gasteiger partial charge in [0.2, 0.25) is 0 Å². The number of allylic oxidation sites excluding steroid dienone is 1. The first-order valence-electron chi connectivity index (χ1n) is 9.09. The van der Waals surface area contributed by atoms with Crippen molar-refractivity contribution >= 4 is 11.9 Å². The number of aryl methyl sites for hydroxylation is 2. The molecular weight excluding hydrogens is 334 g/mol. The van der Waals surface area contributed by atoms with E-state index < -0.39 is 0 Å². The Labute approximate surface area is 158 Å². The fourth-order valence-corrected chi connectivity index (χ4v) is 3.48. The zero-order valence-corrected chi connectivity index (χ0v) is 14.9. The van der Waals surface area contributed by atoms with E-state index in [0.29, 0.717) is 13.0 Å². The molecule has 0 spiro atoms. The summed E-state index contributed by atoms with van der Waals surface area (Å²) >= 11 is 0. The first kappa shape index (κ1) is 17.0. The smallest absolute Gasteiger partial charge is 0.189 e. The molecule has 0 saturated carbocycles. The van der Waals surface area contributed by atoms with Crippen LogP contribution in [0.5, 0.6) is 0 Å². The number of hydrogen-bond donors (Lipinski definition) is 0. The third-order valence-corrected chi connectivity index (χ3v) is 4.84. The number of hydrogen-bond acceptors (Lipinski definition) is 3. The first-order valence-corrected chi connectivity index (χ1v) is 9.09. The molecule has 1 aliphatic carbocycles. The van der Waals surface area contributed by atoms with Crippen LogP contribution < -0.4 is 0 Å². The minimum Gasteiger partial charge on any atom is -0.289 e. The lowest BCUT2D eigenvalue weighted by Gasteiger charge is -2.17. The van der Waals surface area contributed by atoms with Crippen LogP contribution in [0.3, 0.4) is 0 Å². The maximum Gasteiger partial charge on any atom is 0.189 e. The number of aromatic nitrogens is 2. The molecule has 132 valence electrons. The zero-order valence-electron chi connectivity index (χ0n) is 14.9. The number of Topliss-reactive ketones (excluding diaryl/α,β-unsaturated/α-hetero) is 1. The predicted octanol–water partition coefficient (Wildman–Crippen LogP) is 4.68. The van der Waals surface area contributed by atoms with Crippen molar-refractivity contribution in [3.63, 3.8) is 0 Å². The minimum absolute atomic E-state index is 0.0978. The molecule has 1 aromatic heterocycles. The summed E-state index contributed by atoms with van der Waals surface area (Å²) < 4.78 is 1.79. The highest BCUT2D eigenvalue weighted by Crippen LogP contribution is 2.29. The highest BCUT2D eigenvalue weighted by molar-refractivity contribution is 6.13. The second-order valence-corrected chi connectivity index (χ2v) is 6.63. The fraction of sp³-hybridized carbons (Fsp3) is 0.174. The number of nitriles is 1. The molecule has 0 radical (unpaired) electrons. The summed E-state index contributed by atoms with van der Waals surface area (Å²) in [6.45, 7) is 0.538. The normalized spacial score (nSPS) is 14.8. The Morgan fingerprint density at radius 1 is 1.07 bits per heavy atom. The average molecular weight is 353 g/mol. The molecular formula is C23H19N3O. The van der Waals surface area contributed by atoms with Crippen LogP contribution in [0.1, 0.15) is 34.3 Å². The molecule has 0 bridgehead atoms. The van der Waals surface area contributed by atoms with Gasteiger partial charge in [0.05, 0.1) is 24.7 Å². The van der Waals surface area contributed by atoms with Crippen LogP contribution in [0.25, 0.3) is 17.3 Å². The van der Waals surface area contributed by atoms with Gasteiger partial charge in [0.1, 0.15) is 0 Å². The summed E-state index contributed by atoms with van der Waals surface area (Å²) in [7, 11) is 0. The van der Waals surface area contributed by atoms with Crippen molar-refractivity contribution in [2.24, 2.45) is 0 Å². The van der Waals surface area contributed by atoms with E-state index in [1.165, 1.54) is 0 Å². The molecule has 0 atom stereocenters. The lowest BCUT2D eigenvalue weighted by molar-refractivity contribution is 0.102. The molecule has 2 aromatic carbocycles. The third kappa shape index (κ3) is 3.45. The van der Waals surface area contributed by atoms with Crippen LogP contribution in [0.15, 0.2) is 66.4 Å². The SMILES string of the molecule is N#CCCn1cc(/C=C2\CCc3ccccc3C2=O)c(-c2ccccc2)n1. The van der Waals surface area contributed by atoms with Crippen molar-refractivity contribution in [1.82, 2.24) is 9.78 Å². The van der Waals surface area contributed by atoms with Gasteiger partial charge in [0.15, 0.2) is 5.78 Å².